The van der Waals surface area contributed by atoms with Gasteiger partial charge in [0.05, 0.1) is 36.6 Å². The maximum atomic E-state index is 14.5. The van der Waals surface area contributed by atoms with Crippen molar-refractivity contribution in [3.8, 4) is 11.5 Å². The molecule has 42 heavy (non-hydrogen) atoms. The van der Waals surface area contributed by atoms with E-state index in [0.29, 0.717) is 66.5 Å². The topological polar surface area (TPSA) is 142 Å². The van der Waals surface area contributed by atoms with Gasteiger partial charge in [-0.25, -0.2) is 9.38 Å². The number of aliphatic hydroxyl groups excluding tert-OH is 1. The number of hydrogen-bond donors (Lipinski definition) is 4. The van der Waals surface area contributed by atoms with Crippen LogP contribution in [-0.4, -0.2) is 92.1 Å². The van der Waals surface area contributed by atoms with E-state index in [2.05, 4.69) is 15.6 Å². The van der Waals surface area contributed by atoms with Crippen LogP contribution in [0.1, 0.15) is 37.8 Å². The van der Waals surface area contributed by atoms with Crippen LogP contribution >= 0.6 is 11.6 Å². The van der Waals surface area contributed by atoms with Gasteiger partial charge in [-0.1, -0.05) is 11.6 Å². The van der Waals surface area contributed by atoms with E-state index in [4.69, 9.17) is 26.8 Å². The van der Waals surface area contributed by atoms with Gasteiger partial charge in [0.1, 0.15) is 11.7 Å². The Labute approximate surface area is 250 Å². The molecule has 0 radical (unpaired) electrons. The number of nitrogens with one attached hydrogen (secondary N) is 2. The molecule has 2 aromatic rings. The number of anilines is 1. The number of benzene rings is 2. The van der Waals surface area contributed by atoms with Crippen LogP contribution in [0.2, 0.25) is 5.02 Å². The zero-order valence-electron chi connectivity index (χ0n) is 24.5. The Morgan fingerprint density at radius 1 is 1.36 bits per heavy atom. The lowest BCUT2D eigenvalue weighted by Crippen LogP contribution is -2.43. The predicted molar refractivity (Wildman–Crippen MR) is 161 cm³/mol. The second-order valence-corrected chi connectivity index (χ2v) is 10.4. The van der Waals surface area contributed by atoms with Crippen LogP contribution in [0.15, 0.2) is 29.3 Å². The van der Waals surface area contributed by atoms with Crippen LogP contribution in [0, 0.1) is 5.82 Å². The average molecular weight is 607 g/mol. The molecule has 13 heteroatoms. The Kier molecular flexibility index (Phi) is 12.2. The number of carbonyl (C=O) groups is 2. The van der Waals surface area contributed by atoms with Crippen molar-refractivity contribution in [3.63, 3.8) is 0 Å². The highest BCUT2D eigenvalue weighted by atomic mass is 35.5. The van der Waals surface area contributed by atoms with E-state index in [9.17, 15) is 19.1 Å². The van der Waals surface area contributed by atoms with Crippen LogP contribution in [0.4, 0.5) is 15.8 Å². The lowest BCUT2D eigenvalue weighted by molar-refractivity contribution is -0.129. The number of amidine groups is 1. The van der Waals surface area contributed by atoms with Gasteiger partial charge in [0.25, 0.3) is 0 Å². The molecule has 230 valence electrons. The zero-order valence-corrected chi connectivity index (χ0v) is 25.3. The molecule has 0 aromatic heterocycles. The van der Waals surface area contributed by atoms with Crippen LogP contribution in [0.3, 0.4) is 0 Å². The van der Waals surface area contributed by atoms with E-state index in [-0.39, 0.29) is 49.0 Å². The molecule has 1 heterocycles. The minimum Gasteiger partial charge on any atom is -0.490 e. The SMILES string of the molecule is CNc1cc(OCCCN(CCO)C(C)=O)c2cc1C(N)=Nc1cc(Cl)c(F)cc1CN(C)[C@H](C)C(=O)NCCCO2. The van der Waals surface area contributed by atoms with Crippen LogP contribution in [0.25, 0.3) is 0 Å². The van der Waals surface area contributed by atoms with Crippen molar-refractivity contribution in [3.05, 3.63) is 46.2 Å². The first-order valence-corrected chi connectivity index (χ1v) is 14.2. The van der Waals surface area contributed by atoms with Gasteiger partial charge < -0.3 is 35.8 Å². The molecular weight excluding hydrogens is 567 g/mol. The van der Waals surface area contributed by atoms with Gasteiger partial charge in [-0.2, -0.15) is 0 Å². The minimum atomic E-state index is -0.597. The first-order valence-electron chi connectivity index (χ1n) is 13.8. The number of carbonyl (C=O) groups excluding carboxylic acids is 2. The number of ether oxygens (including phenoxy) is 2. The van der Waals surface area contributed by atoms with Crippen LogP contribution in [-0.2, 0) is 16.1 Å². The Bertz CT molecular complexity index is 1290. The maximum Gasteiger partial charge on any atom is 0.237 e. The minimum absolute atomic E-state index is 0.0999. The van der Waals surface area contributed by atoms with Gasteiger partial charge in [0.2, 0.25) is 11.8 Å². The number of aliphatic imine (C=N–C) groups is 1. The van der Waals surface area contributed by atoms with Crippen molar-refractivity contribution in [2.75, 3.05) is 58.9 Å². The molecule has 0 saturated carbocycles. The van der Waals surface area contributed by atoms with E-state index >= 15 is 0 Å². The number of halogens is 2. The Morgan fingerprint density at radius 2 is 2.12 bits per heavy atom. The van der Waals surface area contributed by atoms with Crippen molar-refractivity contribution >= 4 is 40.6 Å². The van der Waals surface area contributed by atoms with Crippen molar-refractivity contribution in [2.45, 2.75) is 39.3 Å². The normalized spacial score (nSPS) is 16.5. The molecule has 0 spiro atoms. The Balaban J connectivity index is 1.99. The quantitative estimate of drug-likeness (QED) is 0.336. The van der Waals surface area contributed by atoms with Gasteiger partial charge in [-0.3, -0.25) is 14.5 Å². The second kappa shape index (κ2) is 15.6. The summed E-state index contributed by atoms with van der Waals surface area (Å²) in [5, 5.41) is 15.1. The molecule has 0 saturated heterocycles. The summed E-state index contributed by atoms with van der Waals surface area (Å²) in [6.07, 6.45) is 1.07. The average Bonchev–Trinajstić information content (AvgIpc) is 2.95. The molecule has 11 nitrogen and oxygen atoms in total. The van der Waals surface area contributed by atoms with E-state index < -0.39 is 11.9 Å². The monoisotopic (exact) mass is 606 g/mol. The number of aliphatic hydroxyl groups is 1. The third-order valence-electron chi connectivity index (χ3n) is 6.98. The molecule has 1 aliphatic rings. The smallest absolute Gasteiger partial charge is 0.237 e. The highest BCUT2D eigenvalue weighted by Crippen LogP contribution is 2.35. The van der Waals surface area contributed by atoms with Gasteiger partial charge in [0.15, 0.2) is 11.5 Å². The fourth-order valence-electron chi connectivity index (χ4n) is 4.41. The molecule has 0 unspecified atom stereocenters. The number of hydrogen-bond acceptors (Lipinski definition) is 9. The summed E-state index contributed by atoms with van der Waals surface area (Å²) < 4.78 is 26.6. The highest BCUT2D eigenvalue weighted by molar-refractivity contribution is 6.31. The third kappa shape index (κ3) is 8.70. The third-order valence-corrected chi connectivity index (χ3v) is 7.26. The molecule has 0 fully saturated rings. The molecule has 3 rings (SSSR count). The Morgan fingerprint density at radius 3 is 2.81 bits per heavy atom. The number of likely N-dealkylation sites (N-methyl/N-ethyl adjacent to an activating group) is 1. The first kappa shape index (κ1) is 32.9. The summed E-state index contributed by atoms with van der Waals surface area (Å²) in [4.78, 5) is 32.5. The molecular formula is C29H40ClFN6O5. The van der Waals surface area contributed by atoms with E-state index in [1.54, 1.807) is 43.0 Å². The van der Waals surface area contributed by atoms with Crippen LogP contribution < -0.4 is 25.8 Å². The van der Waals surface area contributed by atoms with Gasteiger partial charge in [-0.15, -0.1) is 0 Å². The summed E-state index contributed by atoms with van der Waals surface area (Å²) in [6, 6.07) is 5.69. The number of fused-ring (bicyclic) bond motifs is 3. The summed E-state index contributed by atoms with van der Waals surface area (Å²) in [6.45, 7) is 5.01. The number of nitrogens with zero attached hydrogens (tertiary/aromatic N) is 3. The molecule has 2 amide bonds. The molecule has 1 aliphatic heterocycles. The maximum absolute atomic E-state index is 14.5. The first-order chi connectivity index (χ1) is 20.0. The summed E-state index contributed by atoms with van der Waals surface area (Å²) in [7, 11) is 3.51. The van der Waals surface area contributed by atoms with Gasteiger partial charge in [-0.05, 0) is 50.6 Å². The van der Waals surface area contributed by atoms with Crippen molar-refractivity contribution in [2.24, 2.45) is 10.7 Å². The van der Waals surface area contributed by atoms with E-state index in [1.165, 1.54) is 19.1 Å². The van der Waals surface area contributed by atoms with Crippen LogP contribution in [0.5, 0.6) is 11.5 Å². The van der Waals surface area contributed by atoms with Crippen molar-refractivity contribution < 1.29 is 28.6 Å². The summed E-state index contributed by atoms with van der Waals surface area (Å²) >= 11 is 6.11. The van der Waals surface area contributed by atoms with Crippen molar-refractivity contribution in [1.29, 1.82) is 0 Å². The summed E-state index contributed by atoms with van der Waals surface area (Å²) in [5.74, 6) is 0.126. The number of rotatable bonds is 8. The highest BCUT2D eigenvalue weighted by Gasteiger charge is 2.21. The molecule has 1 atom stereocenters. The number of amides is 2. The Hall–Kier alpha value is -3.61. The van der Waals surface area contributed by atoms with E-state index in [0.717, 1.165) is 0 Å². The van der Waals surface area contributed by atoms with Gasteiger partial charge >= 0.3 is 0 Å². The van der Waals surface area contributed by atoms with Gasteiger partial charge in [0, 0.05) is 57.5 Å². The lowest BCUT2D eigenvalue weighted by atomic mass is 10.1. The standard InChI is InChI=1S/C29H40ClFN6O5/c1-18-29(40)34-7-5-11-41-26-14-21(28(32)35-24-15-22(30)23(31)13-20(24)17-36(18)4)25(33-3)16-27(26)42-12-6-8-37(9-10-38)19(2)39/h13-16,18,33,38H,5-12,17H2,1-4H3,(H2,32,35)(H,34,40)/t18-/m1/s1. The van der Waals surface area contributed by atoms with Crippen molar-refractivity contribution in [1.82, 2.24) is 15.1 Å². The zero-order chi connectivity index (χ0) is 30.8. The second-order valence-electron chi connectivity index (χ2n) is 10.0. The molecule has 0 aliphatic carbocycles. The molecule has 2 bridgehead atoms. The predicted octanol–water partition coefficient (Wildman–Crippen LogP) is 2.89. The fourth-order valence-corrected chi connectivity index (χ4v) is 4.56. The fraction of sp³-hybridized carbons (Fsp3) is 0.483. The molecule has 5 N–H and O–H groups in total. The summed E-state index contributed by atoms with van der Waals surface area (Å²) in [5.41, 5.74) is 8.56. The largest absolute Gasteiger partial charge is 0.490 e. The number of nitrogens with two attached hydrogens (primary N) is 1. The molecule has 2 aromatic carbocycles. The van der Waals surface area contributed by atoms with E-state index in [1.807, 2.05) is 0 Å². The lowest BCUT2D eigenvalue weighted by Gasteiger charge is -2.25.